The number of para-hydroxylation sites is 1. The van der Waals surface area contributed by atoms with Gasteiger partial charge < -0.3 is 16.4 Å². The number of nitrogens with two attached hydrogens (primary N) is 1. The van der Waals surface area contributed by atoms with Crippen molar-refractivity contribution in [2.75, 3.05) is 17.2 Å². The van der Waals surface area contributed by atoms with E-state index in [-0.39, 0.29) is 11.8 Å². The lowest BCUT2D eigenvalue weighted by molar-refractivity contribution is -0.120. The van der Waals surface area contributed by atoms with Crippen LogP contribution in [0, 0.1) is 11.8 Å². The van der Waals surface area contributed by atoms with Crippen molar-refractivity contribution in [3.8, 4) is 0 Å². The topological polar surface area (TPSA) is 67.2 Å². The molecule has 0 heterocycles. The summed E-state index contributed by atoms with van der Waals surface area (Å²) < 4.78 is 0. The van der Waals surface area contributed by atoms with Gasteiger partial charge in [0.15, 0.2) is 0 Å². The molecule has 0 aliphatic heterocycles. The maximum Gasteiger partial charge on any atom is 0.227 e. The molecule has 0 spiro atoms. The van der Waals surface area contributed by atoms with Crippen LogP contribution in [-0.2, 0) is 4.79 Å². The van der Waals surface area contributed by atoms with Crippen LogP contribution < -0.4 is 16.4 Å². The molecule has 2 aromatic rings. The van der Waals surface area contributed by atoms with Crippen molar-refractivity contribution < 1.29 is 4.79 Å². The largest absolute Gasteiger partial charge is 0.355 e. The Kier molecular flexibility index (Phi) is 4.93. The van der Waals surface area contributed by atoms with Crippen molar-refractivity contribution in [3.63, 3.8) is 0 Å². The highest BCUT2D eigenvalue weighted by Gasteiger charge is 2.31. The molecule has 1 aliphatic rings. The normalized spacial score (nSPS) is 20.2. The standard InChI is InChI=1S/C19H23N3O/c20-13-14-6-4-11-18(14)19(23)22-17-10-5-9-16(12-17)21-15-7-2-1-3-8-15/h1-3,5,7-10,12,14,18,21H,4,6,11,13,20H2,(H,22,23)/t14-,18-/m1/s1. The zero-order valence-electron chi connectivity index (χ0n) is 13.2. The lowest BCUT2D eigenvalue weighted by Gasteiger charge is -2.17. The Morgan fingerprint density at radius 1 is 1.00 bits per heavy atom. The van der Waals surface area contributed by atoms with Gasteiger partial charge in [-0.2, -0.15) is 0 Å². The molecule has 1 fully saturated rings. The third kappa shape index (κ3) is 3.90. The fourth-order valence-electron chi connectivity index (χ4n) is 3.26. The predicted octanol–water partition coefficient (Wildman–Crippen LogP) is 3.74. The van der Waals surface area contributed by atoms with E-state index >= 15 is 0 Å². The number of carbonyl (C=O) groups excluding carboxylic acids is 1. The Hall–Kier alpha value is -2.33. The van der Waals surface area contributed by atoms with E-state index in [1.165, 1.54) is 0 Å². The highest BCUT2D eigenvalue weighted by molar-refractivity contribution is 5.93. The van der Waals surface area contributed by atoms with Gasteiger partial charge in [-0.3, -0.25) is 4.79 Å². The van der Waals surface area contributed by atoms with E-state index in [4.69, 9.17) is 5.73 Å². The van der Waals surface area contributed by atoms with Crippen molar-refractivity contribution in [3.05, 3.63) is 54.6 Å². The maximum absolute atomic E-state index is 12.5. The van der Waals surface area contributed by atoms with E-state index in [2.05, 4.69) is 10.6 Å². The quantitative estimate of drug-likeness (QED) is 0.788. The van der Waals surface area contributed by atoms with E-state index < -0.39 is 0 Å². The average Bonchev–Trinajstić information content (AvgIpc) is 3.05. The number of rotatable bonds is 5. The van der Waals surface area contributed by atoms with E-state index in [1.54, 1.807) is 0 Å². The minimum Gasteiger partial charge on any atom is -0.355 e. The van der Waals surface area contributed by atoms with Crippen molar-refractivity contribution in [1.29, 1.82) is 0 Å². The first-order valence-electron chi connectivity index (χ1n) is 8.19. The van der Waals surface area contributed by atoms with Gasteiger partial charge in [0, 0.05) is 23.0 Å². The molecule has 4 heteroatoms. The highest BCUT2D eigenvalue weighted by atomic mass is 16.1. The van der Waals surface area contributed by atoms with Crippen molar-refractivity contribution in [1.82, 2.24) is 0 Å². The van der Waals surface area contributed by atoms with Crippen LogP contribution in [0.25, 0.3) is 0 Å². The molecular formula is C19H23N3O. The van der Waals surface area contributed by atoms with Gasteiger partial charge >= 0.3 is 0 Å². The van der Waals surface area contributed by atoms with E-state index in [1.807, 2.05) is 54.6 Å². The first kappa shape index (κ1) is 15.6. The van der Waals surface area contributed by atoms with Gasteiger partial charge in [0.1, 0.15) is 0 Å². The second kappa shape index (κ2) is 7.29. The summed E-state index contributed by atoms with van der Waals surface area (Å²) in [6.45, 7) is 0.591. The fourth-order valence-corrected chi connectivity index (χ4v) is 3.26. The summed E-state index contributed by atoms with van der Waals surface area (Å²) in [6.07, 6.45) is 3.09. The molecule has 0 bridgehead atoms. The Bertz CT molecular complexity index is 657. The Morgan fingerprint density at radius 3 is 2.52 bits per heavy atom. The van der Waals surface area contributed by atoms with Gasteiger partial charge in [0.2, 0.25) is 5.91 Å². The van der Waals surface area contributed by atoms with Gasteiger partial charge in [-0.05, 0) is 55.6 Å². The lowest BCUT2D eigenvalue weighted by Crippen LogP contribution is -2.29. The zero-order chi connectivity index (χ0) is 16.1. The van der Waals surface area contributed by atoms with Crippen molar-refractivity contribution >= 4 is 23.0 Å². The molecule has 0 radical (unpaired) electrons. The highest BCUT2D eigenvalue weighted by Crippen LogP contribution is 2.32. The third-order valence-electron chi connectivity index (χ3n) is 4.49. The van der Waals surface area contributed by atoms with Crippen LogP contribution in [-0.4, -0.2) is 12.5 Å². The molecule has 1 aliphatic carbocycles. The number of hydrogen-bond acceptors (Lipinski definition) is 3. The molecule has 2 atom stereocenters. The van der Waals surface area contributed by atoms with Crippen LogP contribution in [0.15, 0.2) is 54.6 Å². The zero-order valence-corrected chi connectivity index (χ0v) is 13.2. The minimum atomic E-state index is 0.0470. The molecule has 2 aromatic carbocycles. The number of anilines is 3. The molecule has 0 unspecified atom stereocenters. The molecule has 0 aromatic heterocycles. The molecule has 1 saturated carbocycles. The van der Waals surface area contributed by atoms with Crippen LogP contribution in [0.5, 0.6) is 0 Å². The number of amides is 1. The summed E-state index contributed by atoms with van der Waals surface area (Å²) in [7, 11) is 0. The molecule has 0 saturated heterocycles. The summed E-state index contributed by atoms with van der Waals surface area (Å²) in [5.74, 6) is 0.459. The Labute approximate surface area is 137 Å². The summed E-state index contributed by atoms with van der Waals surface area (Å²) in [4.78, 5) is 12.5. The van der Waals surface area contributed by atoms with E-state index in [0.29, 0.717) is 12.5 Å². The number of benzene rings is 2. The SMILES string of the molecule is NC[C@H]1CCC[C@H]1C(=O)Nc1cccc(Nc2ccccc2)c1. The van der Waals surface area contributed by atoms with Gasteiger partial charge in [-0.1, -0.05) is 30.7 Å². The second-order valence-corrected chi connectivity index (χ2v) is 6.09. The molecule has 4 nitrogen and oxygen atoms in total. The Morgan fingerprint density at radius 2 is 1.74 bits per heavy atom. The fraction of sp³-hybridized carbons (Fsp3) is 0.316. The Balaban J connectivity index is 1.66. The van der Waals surface area contributed by atoms with E-state index in [9.17, 15) is 4.79 Å². The van der Waals surface area contributed by atoms with Gasteiger partial charge in [0.05, 0.1) is 0 Å². The number of hydrogen-bond donors (Lipinski definition) is 3. The van der Waals surface area contributed by atoms with Gasteiger partial charge in [-0.15, -0.1) is 0 Å². The molecule has 3 rings (SSSR count). The molecule has 23 heavy (non-hydrogen) atoms. The van der Waals surface area contributed by atoms with Gasteiger partial charge in [-0.25, -0.2) is 0 Å². The van der Waals surface area contributed by atoms with Crippen LogP contribution in [0.1, 0.15) is 19.3 Å². The summed E-state index contributed by atoms with van der Waals surface area (Å²) >= 11 is 0. The lowest BCUT2D eigenvalue weighted by atomic mass is 9.95. The van der Waals surface area contributed by atoms with Crippen LogP contribution in [0.3, 0.4) is 0 Å². The van der Waals surface area contributed by atoms with Crippen LogP contribution in [0.4, 0.5) is 17.1 Å². The molecular weight excluding hydrogens is 286 g/mol. The van der Waals surface area contributed by atoms with Crippen molar-refractivity contribution in [2.45, 2.75) is 19.3 Å². The smallest absolute Gasteiger partial charge is 0.227 e. The summed E-state index contributed by atoms with van der Waals surface area (Å²) in [5.41, 5.74) is 8.57. The summed E-state index contributed by atoms with van der Waals surface area (Å²) in [5, 5.41) is 6.38. The predicted molar refractivity (Wildman–Crippen MR) is 94.7 cm³/mol. The summed E-state index contributed by atoms with van der Waals surface area (Å²) in [6, 6.07) is 17.8. The van der Waals surface area contributed by atoms with Crippen LogP contribution in [0.2, 0.25) is 0 Å². The average molecular weight is 309 g/mol. The van der Waals surface area contributed by atoms with Crippen LogP contribution >= 0.6 is 0 Å². The first-order chi connectivity index (χ1) is 11.3. The number of carbonyl (C=O) groups is 1. The molecule has 1 amide bonds. The van der Waals surface area contributed by atoms with E-state index in [0.717, 1.165) is 36.3 Å². The minimum absolute atomic E-state index is 0.0470. The second-order valence-electron chi connectivity index (χ2n) is 6.09. The maximum atomic E-state index is 12.5. The number of nitrogens with one attached hydrogen (secondary N) is 2. The monoisotopic (exact) mass is 309 g/mol. The third-order valence-corrected chi connectivity index (χ3v) is 4.49. The van der Waals surface area contributed by atoms with Crippen molar-refractivity contribution in [2.24, 2.45) is 17.6 Å². The first-order valence-corrected chi connectivity index (χ1v) is 8.19. The molecule has 120 valence electrons. The molecule has 4 N–H and O–H groups in total. The van der Waals surface area contributed by atoms with Gasteiger partial charge in [0.25, 0.3) is 0 Å².